The topological polar surface area (TPSA) is 56.5 Å². The van der Waals surface area contributed by atoms with Crippen molar-refractivity contribution in [2.45, 2.75) is 51.7 Å². The van der Waals surface area contributed by atoms with Gasteiger partial charge in [-0.05, 0) is 37.5 Å². The van der Waals surface area contributed by atoms with Crippen molar-refractivity contribution >= 4 is 0 Å². The van der Waals surface area contributed by atoms with Crippen LogP contribution in [0.3, 0.4) is 0 Å². The Morgan fingerprint density at radius 2 is 1.92 bits per heavy atom. The highest BCUT2D eigenvalue weighted by Crippen LogP contribution is 2.21. The van der Waals surface area contributed by atoms with E-state index in [9.17, 15) is 0 Å². The number of hydrogen-bond donors (Lipinski definition) is 1. The molecule has 2 aromatic rings. The van der Waals surface area contributed by atoms with E-state index in [2.05, 4.69) is 22.6 Å². The molecule has 1 fully saturated rings. The summed E-state index contributed by atoms with van der Waals surface area (Å²) in [7, 11) is 0. The van der Waals surface area contributed by atoms with Crippen LogP contribution in [0.1, 0.15) is 55.3 Å². The number of hydrogen-bond acceptors (Lipinski definition) is 5. The first kappa shape index (κ1) is 18.0. The molecule has 25 heavy (non-hydrogen) atoms. The SMILES string of the molecule is Cc1cc(CCCCCCCOc2ccc([C@@H]3NCCO3)cc2)on1. The van der Waals surface area contributed by atoms with Crippen LogP contribution in [0.25, 0.3) is 0 Å². The van der Waals surface area contributed by atoms with Crippen LogP contribution in [-0.4, -0.2) is 24.9 Å². The molecule has 1 aromatic heterocycles. The highest BCUT2D eigenvalue weighted by molar-refractivity contribution is 5.28. The summed E-state index contributed by atoms with van der Waals surface area (Å²) in [6.45, 7) is 4.43. The maximum atomic E-state index is 5.82. The van der Waals surface area contributed by atoms with E-state index < -0.39 is 0 Å². The zero-order valence-corrected chi connectivity index (χ0v) is 15.0. The van der Waals surface area contributed by atoms with Crippen LogP contribution in [0.5, 0.6) is 5.75 Å². The number of nitrogens with one attached hydrogen (secondary N) is 1. The Morgan fingerprint density at radius 3 is 2.64 bits per heavy atom. The Balaban J connectivity index is 1.22. The maximum Gasteiger partial charge on any atom is 0.136 e. The van der Waals surface area contributed by atoms with Crippen molar-refractivity contribution in [2.75, 3.05) is 19.8 Å². The number of aryl methyl sites for hydroxylation is 2. The van der Waals surface area contributed by atoms with Crippen LogP contribution >= 0.6 is 0 Å². The summed E-state index contributed by atoms with van der Waals surface area (Å²) in [6.07, 6.45) is 6.94. The maximum absolute atomic E-state index is 5.82. The molecule has 1 aliphatic heterocycles. The zero-order chi connectivity index (χ0) is 17.3. The molecule has 3 rings (SSSR count). The minimum atomic E-state index is 0.0370. The van der Waals surface area contributed by atoms with E-state index in [-0.39, 0.29) is 6.23 Å². The molecular formula is C20H28N2O3. The van der Waals surface area contributed by atoms with Gasteiger partial charge in [-0.15, -0.1) is 0 Å². The molecule has 5 heteroatoms. The van der Waals surface area contributed by atoms with Crippen molar-refractivity contribution in [1.82, 2.24) is 10.5 Å². The second-order valence-corrected chi connectivity index (χ2v) is 6.57. The molecule has 0 radical (unpaired) electrons. The molecular weight excluding hydrogens is 316 g/mol. The van der Waals surface area contributed by atoms with Gasteiger partial charge in [0.2, 0.25) is 0 Å². The summed E-state index contributed by atoms with van der Waals surface area (Å²) in [6, 6.07) is 10.2. The molecule has 1 aliphatic rings. The Hall–Kier alpha value is -1.85. The summed E-state index contributed by atoms with van der Waals surface area (Å²) in [5.74, 6) is 1.94. The number of unbranched alkanes of at least 4 members (excludes halogenated alkanes) is 4. The van der Waals surface area contributed by atoms with Gasteiger partial charge in [-0.25, -0.2) is 0 Å². The first-order chi connectivity index (χ1) is 12.3. The van der Waals surface area contributed by atoms with Crippen LogP contribution in [0.15, 0.2) is 34.9 Å². The molecule has 2 heterocycles. The third-order valence-corrected chi connectivity index (χ3v) is 4.41. The van der Waals surface area contributed by atoms with E-state index in [0.717, 1.165) is 61.8 Å². The van der Waals surface area contributed by atoms with Crippen molar-refractivity contribution in [1.29, 1.82) is 0 Å². The summed E-state index contributed by atoms with van der Waals surface area (Å²) in [5, 5.41) is 7.22. The lowest BCUT2D eigenvalue weighted by Gasteiger charge is -2.11. The highest BCUT2D eigenvalue weighted by Gasteiger charge is 2.16. The van der Waals surface area contributed by atoms with Crippen molar-refractivity contribution in [3.63, 3.8) is 0 Å². The normalized spacial score (nSPS) is 17.1. The molecule has 0 aliphatic carbocycles. The van der Waals surface area contributed by atoms with Crippen LogP contribution < -0.4 is 10.1 Å². The first-order valence-corrected chi connectivity index (χ1v) is 9.31. The second-order valence-electron chi connectivity index (χ2n) is 6.57. The molecule has 1 saturated heterocycles. The van der Waals surface area contributed by atoms with Gasteiger partial charge in [-0.2, -0.15) is 0 Å². The molecule has 1 N–H and O–H groups in total. The lowest BCUT2D eigenvalue weighted by Crippen LogP contribution is -2.13. The van der Waals surface area contributed by atoms with Crippen LogP contribution in [0.4, 0.5) is 0 Å². The molecule has 1 atom stereocenters. The number of benzene rings is 1. The number of rotatable bonds is 10. The van der Waals surface area contributed by atoms with Crippen molar-refractivity contribution in [3.8, 4) is 5.75 Å². The van der Waals surface area contributed by atoms with E-state index >= 15 is 0 Å². The molecule has 136 valence electrons. The Kier molecular flexibility index (Phi) is 6.89. The molecule has 0 unspecified atom stereocenters. The van der Waals surface area contributed by atoms with Gasteiger partial charge in [0.15, 0.2) is 0 Å². The Bertz CT molecular complexity index is 618. The van der Waals surface area contributed by atoms with Crippen LogP contribution in [-0.2, 0) is 11.2 Å². The smallest absolute Gasteiger partial charge is 0.136 e. The Labute approximate surface area is 149 Å². The van der Waals surface area contributed by atoms with Gasteiger partial charge in [0.1, 0.15) is 17.7 Å². The van der Waals surface area contributed by atoms with Crippen molar-refractivity contribution < 1.29 is 14.0 Å². The third kappa shape index (κ3) is 5.87. The standard InChI is InChI=1S/C20H28N2O3/c1-16-15-19(25-22-16)7-5-3-2-4-6-13-23-18-10-8-17(9-11-18)20-21-12-14-24-20/h8-11,15,20-21H,2-7,12-14H2,1H3/t20-/m1/s1. The highest BCUT2D eigenvalue weighted by atomic mass is 16.5. The molecule has 0 spiro atoms. The number of ether oxygens (including phenoxy) is 2. The van der Waals surface area contributed by atoms with Gasteiger partial charge in [-0.3, -0.25) is 5.32 Å². The monoisotopic (exact) mass is 344 g/mol. The lowest BCUT2D eigenvalue weighted by atomic mass is 10.1. The summed E-state index contributed by atoms with van der Waals surface area (Å²) in [4.78, 5) is 0. The predicted molar refractivity (Wildman–Crippen MR) is 96.7 cm³/mol. The predicted octanol–water partition coefficient (Wildman–Crippen LogP) is 4.17. The first-order valence-electron chi connectivity index (χ1n) is 9.31. The Morgan fingerprint density at radius 1 is 1.12 bits per heavy atom. The van der Waals surface area contributed by atoms with Crippen molar-refractivity contribution in [3.05, 3.63) is 47.3 Å². The largest absolute Gasteiger partial charge is 0.494 e. The fourth-order valence-corrected chi connectivity index (χ4v) is 3.03. The van der Waals surface area contributed by atoms with Gasteiger partial charge < -0.3 is 14.0 Å². The minimum absolute atomic E-state index is 0.0370. The van der Waals surface area contributed by atoms with Gasteiger partial charge in [0.05, 0.1) is 18.9 Å². The van der Waals surface area contributed by atoms with Gasteiger partial charge >= 0.3 is 0 Å². The lowest BCUT2D eigenvalue weighted by molar-refractivity contribution is 0.102. The van der Waals surface area contributed by atoms with Gasteiger partial charge in [0, 0.05) is 19.0 Å². The quantitative estimate of drug-likeness (QED) is 0.656. The molecule has 5 nitrogen and oxygen atoms in total. The number of nitrogens with zero attached hydrogens (tertiary/aromatic N) is 1. The van der Waals surface area contributed by atoms with E-state index in [1.54, 1.807) is 0 Å². The zero-order valence-electron chi connectivity index (χ0n) is 15.0. The fourth-order valence-electron chi connectivity index (χ4n) is 3.03. The van der Waals surface area contributed by atoms with E-state index in [4.69, 9.17) is 14.0 Å². The molecule has 0 saturated carbocycles. The van der Waals surface area contributed by atoms with Crippen molar-refractivity contribution in [2.24, 2.45) is 0 Å². The van der Waals surface area contributed by atoms with Crippen LogP contribution in [0, 0.1) is 6.92 Å². The van der Waals surface area contributed by atoms with E-state index in [1.165, 1.54) is 19.3 Å². The molecule has 1 aromatic carbocycles. The van der Waals surface area contributed by atoms with Gasteiger partial charge in [-0.1, -0.05) is 36.6 Å². The average Bonchev–Trinajstić information content (AvgIpc) is 3.30. The molecule has 0 bridgehead atoms. The fraction of sp³-hybridized carbons (Fsp3) is 0.550. The summed E-state index contributed by atoms with van der Waals surface area (Å²) >= 11 is 0. The minimum Gasteiger partial charge on any atom is -0.494 e. The summed E-state index contributed by atoms with van der Waals surface area (Å²) < 4.78 is 16.6. The van der Waals surface area contributed by atoms with E-state index in [1.807, 2.05) is 25.1 Å². The van der Waals surface area contributed by atoms with Crippen LogP contribution in [0.2, 0.25) is 0 Å². The third-order valence-electron chi connectivity index (χ3n) is 4.41. The van der Waals surface area contributed by atoms with E-state index in [0.29, 0.717) is 0 Å². The average molecular weight is 344 g/mol. The number of aromatic nitrogens is 1. The van der Waals surface area contributed by atoms with Gasteiger partial charge in [0.25, 0.3) is 0 Å². The summed E-state index contributed by atoms with van der Waals surface area (Å²) in [5.41, 5.74) is 2.12. The second kappa shape index (κ2) is 9.59. The molecule has 0 amide bonds.